The number of aryl methyl sites for hydroxylation is 1. The van der Waals surface area contributed by atoms with E-state index in [-0.39, 0.29) is 10.8 Å². The molecule has 164 valence electrons. The summed E-state index contributed by atoms with van der Waals surface area (Å²) in [5.74, 6) is 1.32. The zero-order chi connectivity index (χ0) is 22.9. The molecule has 1 atom stereocenters. The summed E-state index contributed by atoms with van der Waals surface area (Å²) >= 11 is 7.61. The summed E-state index contributed by atoms with van der Waals surface area (Å²) in [6, 6.07) is 23.0. The van der Waals surface area contributed by atoms with E-state index in [1.807, 2.05) is 79.1 Å². The molecule has 0 saturated carbocycles. The highest BCUT2D eigenvalue weighted by Gasteiger charge is 2.21. The van der Waals surface area contributed by atoms with E-state index in [4.69, 9.17) is 11.6 Å². The maximum atomic E-state index is 12.5. The van der Waals surface area contributed by atoms with Crippen LogP contribution in [0.4, 0.5) is 0 Å². The van der Waals surface area contributed by atoms with Gasteiger partial charge in [-0.2, -0.15) is 0 Å². The van der Waals surface area contributed by atoms with E-state index < -0.39 is 0 Å². The highest BCUT2D eigenvalue weighted by Crippen LogP contribution is 2.36. The Morgan fingerprint density at radius 3 is 2.58 bits per heavy atom. The van der Waals surface area contributed by atoms with Gasteiger partial charge in [-0.25, -0.2) is 4.98 Å². The van der Waals surface area contributed by atoms with E-state index >= 15 is 0 Å². The lowest BCUT2D eigenvalue weighted by Crippen LogP contribution is -2.13. The number of para-hydroxylation sites is 1. The van der Waals surface area contributed by atoms with Crippen molar-refractivity contribution in [2.24, 2.45) is 0 Å². The van der Waals surface area contributed by atoms with Gasteiger partial charge in [-0.3, -0.25) is 9.36 Å². The van der Waals surface area contributed by atoms with E-state index in [1.165, 1.54) is 11.8 Å². The second kappa shape index (κ2) is 8.84. The van der Waals surface area contributed by atoms with E-state index in [2.05, 4.69) is 26.2 Å². The van der Waals surface area contributed by atoms with Crippen LogP contribution in [0.15, 0.2) is 82.7 Å². The van der Waals surface area contributed by atoms with Crippen molar-refractivity contribution in [3.8, 4) is 17.1 Å². The summed E-state index contributed by atoms with van der Waals surface area (Å²) in [4.78, 5) is 20.1. The Morgan fingerprint density at radius 2 is 1.79 bits per heavy atom. The van der Waals surface area contributed by atoms with Crippen LogP contribution >= 0.6 is 23.4 Å². The second-order valence-corrected chi connectivity index (χ2v) is 9.46. The normalized spacial score (nSPS) is 12.2. The molecule has 0 fully saturated rings. The van der Waals surface area contributed by atoms with Crippen LogP contribution in [-0.2, 0) is 0 Å². The van der Waals surface area contributed by atoms with Gasteiger partial charge in [0.25, 0.3) is 5.56 Å². The van der Waals surface area contributed by atoms with Crippen molar-refractivity contribution in [3.63, 3.8) is 0 Å². The van der Waals surface area contributed by atoms with Gasteiger partial charge in [-0.15, -0.1) is 10.2 Å². The lowest BCUT2D eigenvalue weighted by atomic mass is 10.1. The smallest absolute Gasteiger partial charge is 0.258 e. The van der Waals surface area contributed by atoms with Gasteiger partial charge < -0.3 is 4.98 Å². The van der Waals surface area contributed by atoms with Crippen LogP contribution in [0.3, 0.4) is 0 Å². The van der Waals surface area contributed by atoms with Crippen molar-refractivity contribution in [2.75, 3.05) is 0 Å². The molecule has 2 heterocycles. The lowest BCUT2D eigenvalue weighted by Gasteiger charge is -2.14. The number of nitrogens with one attached hydrogen (secondary N) is 1. The molecule has 33 heavy (non-hydrogen) atoms. The molecule has 1 unspecified atom stereocenters. The van der Waals surface area contributed by atoms with Crippen LogP contribution in [0, 0.1) is 6.92 Å². The highest BCUT2D eigenvalue weighted by molar-refractivity contribution is 7.99. The third-order valence-electron chi connectivity index (χ3n) is 5.29. The zero-order valence-electron chi connectivity index (χ0n) is 18.0. The molecule has 1 N–H and O–H groups in total. The van der Waals surface area contributed by atoms with Crippen LogP contribution in [0.2, 0.25) is 5.02 Å². The minimum absolute atomic E-state index is 0.150. The van der Waals surface area contributed by atoms with Crippen LogP contribution in [-0.4, -0.2) is 24.7 Å². The van der Waals surface area contributed by atoms with Crippen LogP contribution in [0.5, 0.6) is 0 Å². The minimum Gasteiger partial charge on any atom is -0.309 e. The Kier molecular flexibility index (Phi) is 5.74. The molecule has 5 aromatic rings. The molecule has 3 aromatic carbocycles. The number of nitrogens with zero attached hydrogens (tertiary/aromatic N) is 4. The molecule has 5 rings (SSSR count). The summed E-state index contributed by atoms with van der Waals surface area (Å²) in [7, 11) is 0. The van der Waals surface area contributed by atoms with Gasteiger partial charge in [0.1, 0.15) is 5.82 Å². The molecule has 0 bridgehead atoms. The third-order valence-corrected chi connectivity index (χ3v) is 6.60. The predicted molar refractivity (Wildman–Crippen MR) is 133 cm³/mol. The average Bonchev–Trinajstić information content (AvgIpc) is 3.23. The quantitative estimate of drug-likeness (QED) is 0.317. The molecule has 8 heteroatoms. The largest absolute Gasteiger partial charge is 0.309 e. The molecular weight excluding hydrogens is 454 g/mol. The fourth-order valence-corrected chi connectivity index (χ4v) is 4.70. The van der Waals surface area contributed by atoms with Gasteiger partial charge in [0.15, 0.2) is 11.0 Å². The molecule has 6 nitrogen and oxygen atoms in total. The number of aromatic amines is 1. The topological polar surface area (TPSA) is 76.5 Å². The lowest BCUT2D eigenvalue weighted by molar-refractivity contribution is 0.862. The molecule has 0 aliphatic heterocycles. The number of rotatable bonds is 5. The Balaban J connectivity index is 1.58. The van der Waals surface area contributed by atoms with Crippen molar-refractivity contribution in [3.05, 3.63) is 99.6 Å². The molecule has 0 amide bonds. The third kappa shape index (κ3) is 4.29. The standard InChI is InChI=1S/C25H20ClN5OS/c1-15-6-5-7-17(14-15)23-29-30-25(31(23)19-12-10-18(26)11-13-19)33-16(2)22-27-21-9-4-3-8-20(21)24(32)28-22/h3-14,16H,1-2H3,(H,27,28,32). The number of hydrogen-bond acceptors (Lipinski definition) is 5. The number of halogens is 1. The summed E-state index contributed by atoms with van der Waals surface area (Å²) in [5, 5.41) is 10.8. The summed E-state index contributed by atoms with van der Waals surface area (Å²) in [5.41, 5.74) is 3.52. The fourth-order valence-electron chi connectivity index (χ4n) is 3.65. The monoisotopic (exact) mass is 473 g/mol. The number of hydrogen-bond donors (Lipinski definition) is 1. The van der Waals surface area contributed by atoms with Gasteiger partial charge in [-0.05, 0) is 56.3 Å². The minimum atomic E-state index is -0.164. The maximum Gasteiger partial charge on any atom is 0.258 e. The number of H-pyrrole nitrogens is 1. The van der Waals surface area contributed by atoms with Crippen molar-refractivity contribution in [2.45, 2.75) is 24.3 Å². The molecule has 0 aliphatic carbocycles. The van der Waals surface area contributed by atoms with Crippen molar-refractivity contribution in [1.82, 2.24) is 24.7 Å². The van der Waals surface area contributed by atoms with Crippen molar-refractivity contribution < 1.29 is 0 Å². The van der Waals surface area contributed by atoms with E-state index in [0.717, 1.165) is 22.6 Å². The fraction of sp³-hybridized carbons (Fsp3) is 0.120. The van der Waals surface area contributed by atoms with Crippen LogP contribution < -0.4 is 5.56 Å². The van der Waals surface area contributed by atoms with Gasteiger partial charge in [0.2, 0.25) is 0 Å². The second-order valence-electron chi connectivity index (χ2n) is 7.72. The number of benzene rings is 3. The van der Waals surface area contributed by atoms with Gasteiger partial charge in [-0.1, -0.05) is 59.3 Å². The number of fused-ring (bicyclic) bond motifs is 1. The first-order chi connectivity index (χ1) is 16.0. The molecule has 0 saturated heterocycles. The van der Waals surface area contributed by atoms with Crippen LogP contribution in [0.1, 0.15) is 23.6 Å². The summed E-state index contributed by atoms with van der Waals surface area (Å²) in [6.45, 7) is 4.04. The summed E-state index contributed by atoms with van der Waals surface area (Å²) < 4.78 is 2.01. The summed E-state index contributed by atoms with van der Waals surface area (Å²) in [6.07, 6.45) is 0. The van der Waals surface area contributed by atoms with Crippen molar-refractivity contribution >= 4 is 34.3 Å². The first kappa shape index (κ1) is 21.4. The van der Waals surface area contributed by atoms with E-state index in [9.17, 15) is 4.79 Å². The highest BCUT2D eigenvalue weighted by atomic mass is 35.5. The Bertz CT molecular complexity index is 1510. The van der Waals surface area contributed by atoms with Gasteiger partial charge in [0.05, 0.1) is 16.2 Å². The zero-order valence-corrected chi connectivity index (χ0v) is 19.6. The molecule has 2 aromatic heterocycles. The predicted octanol–water partition coefficient (Wildman–Crippen LogP) is 5.99. The SMILES string of the molecule is Cc1cccc(-c2nnc(SC(C)c3nc4ccccc4c(=O)[nH]3)n2-c2ccc(Cl)cc2)c1. The van der Waals surface area contributed by atoms with Gasteiger partial charge in [0, 0.05) is 16.3 Å². The first-order valence-electron chi connectivity index (χ1n) is 10.4. The van der Waals surface area contributed by atoms with Crippen molar-refractivity contribution in [1.29, 1.82) is 0 Å². The Labute approximate surface area is 199 Å². The molecule has 0 aliphatic rings. The molecule has 0 spiro atoms. The first-order valence-corrected chi connectivity index (χ1v) is 11.7. The average molecular weight is 474 g/mol. The Hall–Kier alpha value is -3.42. The Morgan fingerprint density at radius 1 is 1.00 bits per heavy atom. The number of thioether (sulfide) groups is 1. The van der Waals surface area contributed by atoms with E-state index in [0.29, 0.717) is 26.9 Å². The van der Waals surface area contributed by atoms with Crippen LogP contribution in [0.25, 0.3) is 28.0 Å². The van der Waals surface area contributed by atoms with E-state index in [1.54, 1.807) is 6.07 Å². The maximum absolute atomic E-state index is 12.5. The molecular formula is C25H20ClN5OS. The number of aromatic nitrogens is 5. The van der Waals surface area contributed by atoms with Gasteiger partial charge >= 0.3 is 0 Å². The molecule has 0 radical (unpaired) electrons.